The summed E-state index contributed by atoms with van der Waals surface area (Å²) in [7, 11) is 0. The van der Waals surface area contributed by atoms with Gasteiger partial charge in [-0.3, -0.25) is 4.98 Å². The molecule has 19 heavy (non-hydrogen) atoms. The molecule has 0 spiro atoms. The summed E-state index contributed by atoms with van der Waals surface area (Å²) in [6, 6.07) is 8.57. The first-order valence-electron chi connectivity index (χ1n) is 5.64. The van der Waals surface area contributed by atoms with E-state index in [9.17, 15) is 4.39 Å². The number of anilines is 1. The maximum Gasteiger partial charge on any atom is 0.129 e. The van der Waals surface area contributed by atoms with Gasteiger partial charge in [0.05, 0.1) is 23.9 Å². The zero-order valence-electron chi connectivity index (χ0n) is 10.2. The molecule has 1 heterocycles. The van der Waals surface area contributed by atoms with Crippen molar-refractivity contribution >= 4 is 21.6 Å². The minimum atomic E-state index is -0.384. The van der Waals surface area contributed by atoms with Crippen LogP contribution in [0.4, 0.5) is 10.1 Å². The highest BCUT2D eigenvalue weighted by atomic mass is 79.9. The van der Waals surface area contributed by atoms with Crippen LogP contribution in [0.25, 0.3) is 0 Å². The first-order valence-corrected chi connectivity index (χ1v) is 6.44. The van der Waals surface area contributed by atoms with Crippen molar-refractivity contribution in [2.75, 3.05) is 5.32 Å². The third-order valence-corrected chi connectivity index (χ3v) is 3.19. The molecule has 0 unspecified atom stereocenters. The number of hydrogen-bond acceptors (Lipinski definition) is 3. The lowest BCUT2D eigenvalue weighted by molar-refractivity contribution is 0.618. The Hall–Kier alpha value is -1.93. The van der Waals surface area contributed by atoms with Crippen LogP contribution in [0.15, 0.2) is 34.9 Å². The molecule has 0 saturated heterocycles. The first-order chi connectivity index (χ1) is 9.10. The maximum absolute atomic E-state index is 13.6. The standard InChI is InChI=1S/C14H11BrFN3/c1-9-13(16)4-10(6-17)5-14(9)19-8-12-3-2-11(15)7-18-12/h2-5,7,19H,8H2,1H3. The van der Waals surface area contributed by atoms with E-state index in [1.807, 2.05) is 18.2 Å². The Morgan fingerprint density at radius 2 is 2.21 bits per heavy atom. The van der Waals surface area contributed by atoms with Gasteiger partial charge in [0.1, 0.15) is 5.82 Å². The van der Waals surface area contributed by atoms with Crippen LogP contribution in [0.5, 0.6) is 0 Å². The molecule has 0 saturated carbocycles. The van der Waals surface area contributed by atoms with E-state index in [4.69, 9.17) is 5.26 Å². The van der Waals surface area contributed by atoms with Crippen LogP contribution >= 0.6 is 15.9 Å². The molecule has 0 aliphatic carbocycles. The van der Waals surface area contributed by atoms with Crippen molar-refractivity contribution in [3.05, 3.63) is 57.6 Å². The van der Waals surface area contributed by atoms with Crippen LogP contribution in [0, 0.1) is 24.1 Å². The lowest BCUT2D eigenvalue weighted by Gasteiger charge is -2.10. The molecule has 2 rings (SSSR count). The van der Waals surface area contributed by atoms with Crippen LogP contribution in [0.1, 0.15) is 16.8 Å². The summed E-state index contributed by atoms with van der Waals surface area (Å²) in [5.74, 6) is -0.384. The molecule has 0 amide bonds. The number of rotatable bonds is 3. The van der Waals surface area contributed by atoms with Crippen molar-refractivity contribution in [3.8, 4) is 6.07 Å². The fraction of sp³-hybridized carbons (Fsp3) is 0.143. The summed E-state index contributed by atoms with van der Waals surface area (Å²) in [5.41, 5.74) is 2.25. The molecular formula is C14H11BrFN3. The van der Waals surface area contributed by atoms with Gasteiger partial charge in [0, 0.05) is 21.9 Å². The molecule has 2 aromatic rings. The van der Waals surface area contributed by atoms with E-state index >= 15 is 0 Å². The van der Waals surface area contributed by atoms with E-state index in [1.54, 1.807) is 19.2 Å². The van der Waals surface area contributed by atoms with Gasteiger partial charge in [-0.15, -0.1) is 0 Å². The van der Waals surface area contributed by atoms with Crippen LogP contribution in [0.3, 0.4) is 0 Å². The molecule has 1 aromatic carbocycles. The summed E-state index contributed by atoms with van der Waals surface area (Å²) >= 11 is 3.31. The number of pyridine rings is 1. The van der Waals surface area contributed by atoms with Gasteiger partial charge in [0.25, 0.3) is 0 Å². The van der Waals surface area contributed by atoms with Crippen molar-refractivity contribution in [1.29, 1.82) is 5.26 Å². The van der Waals surface area contributed by atoms with E-state index < -0.39 is 0 Å². The highest BCUT2D eigenvalue weighted by Crippen LogP contribution is 2.21. The number of nitrogens with zero attached hydrogens (tertiary/aromatic N) is 2. The summed E-state index contributed by atoms with van der Waals surface area (Å²) in [5, 5.41) is 11.9. The fourth-order valence-corrected chi connectivity index (χ4v) is 1.86. The second-order valence-corrected chi connectivity index (χ2v) is 4.98. The Bertz CT molecular complexity index is 632. The quantitative estimate of drug-likeness (QED) is 0.936. The molecular weight excluding hydrogens is 309 g/mol. The second kappa shape index (κ2) is 5.81. The third-order valence-electron chi connectivity index (χ3n) is 2.72. The number of hydrogen-bond donors (Lipinski definition) is 1. The lowest BCUT2D eigenvalue weighted by Crippen LogP contribution is -2.04. The van der Waals surface area contributed by atoms with Crippen molar-refractivity contribution in [2.24, 2.45) is 0 Å². The number of halogens is 2. The predicted octanol–water partition coefficient (Wildman–Crippen LogP) is 3.78. The lowest BCUT2D eigenvalue weighted by atomic mass is 10.1. The SMILES string of the molecule is Cc1c(F)cc(C#N)cc1NCc1ccc(Br)cn1. The van der Waals surface area contributed by atoms with Gasteiger partial charge >= 0.3 is 0 Å². The molecule has 5 heteroatoms. The van der Waals surface area contributed by atoms with Gasteiger partial charge in [0.15, 0.2) is 0 Å². The minimum absolute atomic E-state index is 0.300. The molecule has 1 N–H and O–H groups in total. The summed E-state index contributed by atoms with van der Waals surface area (Å²) < 4.78 is 14.5. The van der Waals surface area contributed by atoms with Gasteiger partial charge in [-0.05, 0) is 47.1 Å². The van der Waals surface area contributed by atoms with Crippen molar-refractivity contribution in [3.63, 3.8) is 0 Å². The highest BCUT2D eigenvalue weighted by molar-refractivity contribution is 9.10. The Kier molecular flexibility index (Phi) is 4.13. The second-order valence-electron chi connectivity index (χ2n) is 4.06. The van der Waals surface area contributed by atoms with E-state index in [0.717, 1.165) is 10.2 Å². The molecule has 1 aromatic heterocycles. The van der Waals surface area contributed by atoms with Crippen LogP contribution in [-0.4, -0.2) is 4.98 Å². The molecule has 0 fully saturated rings. The van der Waals surface area contributed by atoms with Crippen molar-refractivity contribution in [2.45, 2.75) is 13.5 Å². The number of nitrogens with one attached hydrogen (secondary N) is 1. The smallest absolute Gasteiger partial charge is 0.129 e. The molecule has 0 aliphatic rings. The molecule has 96 valence electrons. The molecule has 0 bridgehead atoms. The summed E-state index contributed by atoms with van der Waals surface area (Å²) in [6.07, 6.45) is 1.70. The predicted molar refractivity (Wildman–Crippen MR) is 75.1 cm³/mol. The highest BCUT2D eigenvalue weighted by Gasteiger charge is 2.07. The minimum Gasteiger partial charge on any atom is -0.379 e. The Balaban J connectivity index is 2.17. The van der Waals surface area contributed by atoms with E-state index in [1.165, 1.54) is 6.07 Å². The normalized spacial score (nSPS) is 10.0. The topological polar surface area (TPSA) is 48.7 Å². The number of aromatic nitrogens is 1. The van der Waals surface area contributed by atoms with Crippen molar-refractivity contribution < 1.29 is 4.39 Å². The number of nitriles is 1. The monoisotopic (exact) mass is 319 g/mol. The zero-order valence-corrected chi connectivity index (χ0v) is 11.8. The zero-order chi connectivity index (χ0) is 13.8. The first kappa shape index (κ1) is 13.5. The van der Waals surface area contributed by atoms with E-state index in [-0.39, 0.29) is 5.82 Å². The molecule has 0 radical (unpaired) electrons. The molecule has 3 nitrogen and oxygen atoms in total. The van der Waals surface area contributed by atoms with Gasteiger partial charge in [-0.1, -0.05) is 0 Å². The van der Waals surface area contributed by atoms with Gasteiger partial charge in [0.2, 0.25) is 0 Å². The Morgan fingerprint density at radius 3 is 2.84 bits per heavy atom. The van der Waals surface area contributed by atoms with Crippen molar-refractivity contribution in [1.82, 2.24) is 4.98 Å². The number of benzene rings is 1. The van der Waals surface area contributed by atoms with E-state index in [2.05, 4.69) is 26.2 Å². The Morgan fingerprint density at radius 1 is 1.42 bits per heavy atom. The molecule has 0 aliphatic heterocycles. The summed E-state index contributed by atoms with van der Waals surface area (Å²) in [4.78, 5) is 4.22. The van der Waals surface area contributed by atoms with Gasteiger partial charge in [-0.25, -0.2) is 4.39 Å². The van der Waals surface area contributed by atoms with E-state index in [0.29, 0.717) is 23.4 Å². The van der Waals surface area contributed by atoms with Gasteiger partial charge in [-0.2, -0.15) is 5.26 Å². The summed E-state index contributed by atoms with van der Waals surface area (Å²) in [6.45, 7) is 2.15. The van der Waals surface area contributed by atoms with Crippen LogP contribution < -0.4 is 5.32 Å². The fourth-order valence-electron chi connectivity index (χ4n) is 1.62. The maximum atomic E-state index is 13.6. The molecule has 0 atom stereocenters. The Labute approximate surface area is 119 Å². The average molecular weight is 320 g/mol. The van der Waals surface area contributed by atoms with Crippen LogP contribution in [-0.2, 0) is 6.54 Å². The average Bonchev–Trinajstić information content (AvgIpc) is 2.42. The van der Waals surface area contributed by atoms with Crippen LogP contribution in [0.2, 0.25) is 0 Å². The van der Waals surface area contributed by atoms with Gasteiger partial charge < -0.3 is 5.32 Å². The third kappa shape index (κ3) is 3.30. The largest absolute Gasteiger partial charge is 0.379 e.